The molecule has 0 N–H and O–H groups in total. The molecule has 3 nitrogen and oxygen atoms in total. The topological polar surface area (TPSA) is 30.7 Å². The minimum Gasteiger partial charge on any atom is -0.311 e. The van der Waals surface area contributed by atoms with Crippen LogP contribution < -0.4 is 0 Å². The molecule has 2 unspecified atom stereocenters. The summed E-state index contributed by atoms with van der Waals surface area (Å²) in [6.45, 7) is 0. The van der Waals surface area contributed by atoms with E-state index < -0.39 is 0 Å². The van der Waals surface area contributed by atoms with Crippen molar-refractivity contribution in [1.29, 1.82) is 0 Å². The van der Waals surface area contributed by atoms with Gasteiger partial charge in [-0.3, -0.25) is 0 Å². The first-order valence-electron chi connectivity index (χ1n) is 10.7. The molecule has 8 aliphatic rings. The van der Waals surface area contributed by atoms with Gasteiger partial charge in [0, 0.05) is 17.4 Å². The number of nitrogens with zero attached hydrogens (tertiary/aromatic N) is 3. The second-order valence-electron chi connectivity index (χ2n) is 10.7. The van der Waals surface area contributed by atoms with Crippen molar-refractivity contribution < 1.29 is 0 Å². The van der Waals surface area contributed by atoms with Gasteiger partial charge in [-0.2, -0.15) is 0 Å². The summed E-state index contributed by atoms with van der Waals surface area (Å²) in [4.78, 5) is 0. The van der Waals surface area contributed by atoms with Gasteiger partial charge in [-0.25, -0.2) is 0 Å². The van der Waals surface area contributed by atoms with Crippen LogP contribution in [-0.4, -0.2) is 14.8 Å². The highest BCUT2D eigenvalue weighted by Gasteiger charge is 2.55. The first-order chi connectivity index (χ1) is 11.8. The van der Waals surface area contributed by atoms with Crippen molar-refractivity contribution >= 4 is 0 Å². The number of rotatable bonds is 1. The van der Waals surface area contributed by atoms with Crippen molar-refractivity contribution in [3.63, 3.8) is 0 Å². The quantitative estimate of drug-likeness (QED) is 0.756. The highest BCUT2D eigenvalue weighted by atomic mass is 15.3. The molecule has 0 radical (unpaired) electrons. The molecule has 0 aromatic carbocycles. The number of aromatic nitrogens is 3. The van der Waals surface area contributed by atoms with E-state index in [2.05, 4.69) is 4.57 Å². The Hall–Kier alpha value is -0.860. The van der Waals surface area contributed by atoms with Gasteiger partial charge in [0.1, 0.15) is 11.6 Å². The molecule has 0 amide bonds. The molecule has 1 aromatic rings. The Morgan fingerprint density at radius 1 is 0.667 bits per heavy atom. The van der Waals surface area contributed by atoms with Crippen LogP contribution in [0.1, 0.15) is 94.2 Å². The maximum Gasteiger partial charge on any atom is 0.139 e. The highest BCUT2D eigenvalue weighted by molar-refractivity contribution is 5.22. The van der Waals surface area contributed by atoms with E-state index in [0.717, 1.165) is 41.5 Å². The van der Waals surface area contributed by atoms with E-state index in [9.17, 15) is 0 Å². The maximum atomic E-state index is 4.96. The standard InChI is InChI=1S/C21H29N3/c1-12-5-17-6-13(1)8-18(7-12)24-19(17)22-23-20(24)21-9-14-2-15(10-21)4-16(3-14)11-21/h12-18H,1-11H2. The Labute approximate surface area is 144 Å². The summed E-state index contributed by atoms with van der Waals surface area (Å²) in [5, 5.41) is 9.85. The Balaban J connectivity index is 1.38. The van der Waals surface area contributed by atoms with Gasteiger partial charge in [0.2, 0.25) is 0 Å². The minimum atomic E-state index is 0.418. The van der Waals surface area contributed by atoms with Crippen LogP contribution in [0.25, 0.3) is 0 Å². The zero-order valence-corrected chi connectivity index (χ0v) is 14.7. The fourth-order valence-corrected chi connectivity index (χ4v) is 8.93. The van der Waals surface area contributed by atoms with Crippen LogP contribution in [0.5, 0.6) is 0 Å². The van der Waals surface area contributed by atoms with Gasteiger partial charge in [0.05, 0.1) is 0 Å². The van der Waals surface area contributed by atoms with E-state index in [1.807, 2.05) is 0 Å². The Kier molecular flexibility index (Phi) is 2.38. The summed E-state index contributed by atoms with van der Waals surface area (Å²) in [5.41, 5.74) is 0.418. The van der Waals surface area contributed by atoms with E-state index in [1.54, 1.807) is 0 Å². The van der Waals surface area contributed by atoms with Crippen LogP contribution in [0.3, 0.4) is 0 Å². The third kappa shape index (κ3) is 1.60. The van der Waals surface area contributed by atoms with Gasteiger partial charge in [0.15, 0.2) is 0 Å². The van der Waals surface area contributed by atoms with Crippen molar-refractivity contribution in [1.82, 2.24) is 14.8 Å². The van der Waals surface area contributed by atoms with Gasteiger partial charge in [-0.15, -0.1) is 10.2 Å². The minimum absolute atomic E-state index is 0.418. The van der Waals surface area contributed by atoms with Crippen molar-refractivity contribution in [3.05, 3.63) is 11.6 Å². The molecule has 2 atom stereocenters. The first-order valence-corrected chi connectivity index (χ1v) is 10.7. The normalized spacial score (nSPS) is 53.4. The summed E-state index contributed by atoms with van der Waals surface area (Å²) >= 11 is 0. The van der Waals surface area contributed by atoms with Gasteiger partial charge < -0.3 is 4.57 Å². The van der Waals surface area contributed by atoms with Crippen molar-refractivity contribution in [2.45, 2.75) is 88.0 Å². The smallest absolute Gasteiger partial charge is 0.139 e. The molecule has 3 heteroatoms. The molecule has 8 bridgehead atoms. The molecule has 2 aliphatic heterocycles. The van der Waals surface area contributed by atoms with Crippen LogP contribution in [0.2, 0.25) is 0 Å². The van der Waals surface area contributed by atoms with Gasteiger partial charge in [0.25, 0.3) is 0 Å². The molecule has 0 spiro atoms. The molecular formula is C21H29N3. The second-order valence-corrected chi connectivity index (χ2v) is 10.7. The van der Waals surface area contributed by atoms with Crippen LogP contribution >= 0.6 is 0 Å². The monoisotopic (exact) mass is 323 g/mol. The SMILES string of the molecule is C1C2CC3CC1CC(C2)n1c3nnc1C12CC3CC(CC(C3)C1)C2. The van der Waals surface area contributed by atoms with E-state index in [1.165, 1.54) is 82.3 Å². The lowest BCUT2D eigenvalue weighted by molar-refractivity contribution is -0.0125. The van der Waals surface area contributed by atoms with Gasteiger partial charge >= 0.3 is 0 Å². The summed E-state index contributed by atoms with van der Waals surface area (Å²) < 4.78 is 2.76. The Morgan fingerprint density at radius 2 is 1.25 bits per heavy atom. The summed E-state index contributed by atoms with van der Waals surface area (Å²) in [5.74, 6) is 8.59. The molecule has 24 heavy (non-hydrogen) atoms. The second kappa shape index (κ2) is 4.27. The highest BCUT2D eigenvalue weighted by Crippen LogP contribution is 2.62. The molecule has 128 valence electrons. The van der Waals surface area contributed by atoms with Crippen LogP contribution in [0, 0.1) is 29.6 Å². The van der Waals surface area contributed by atoms with Crippen molar-refractivity contribution in [3.8, 4) is 0 Å². The van der Waals surface area contributed by atoms with E-state index in [0.29, 0.717) is 5.41 Å². The van der Waals surface area contributed by atoms with Crippen LogP contribution in [0.4, 0.5) is 0 Å². The summed E-state index contributed by atoms with van der Waals surface area (Å²) in [6, 6.07) is 0.745. The third-order valence-electron chi connectivity index (χ3n) is 9.08. The predicted octanol–water partition coefficient (Wildman–Crippen LogP) is 4.59. The molecule has 9 rings (SSSR count). The fraction of sp³-hybridized carbons (Fsp3) is 0.905. The third-order valence-corrected chi connectivity index (χ3v) is 9.08. The van der Waals surface area contributed by atoms with E-state index in [-0.39, 0.29) is 0 Å². The molecule has 6 saturated carbocycles. The molecule has 0 saturated heterocycles. The lowest BCUT2D eigenvalue weighted by atomic mass is 9.49. The lowest BCUT2D eigenvalue weighted by Gasteiger charge is -2.56. The van der Waals surface area contributed by atoms with Crippen LogP contribution in [0.15, 0.2) is 0 Å². The number of hydrogen-bond donors (Lipinski definition) is 0. The zero-order chi connectivity index (χ0) is 15.5. The molecule has 6 fully saturated rings. The van der Waals surface area contributed by atoms with Gasteiger partial charge in [-0.05, 0) is 100 Å². The summed E-state index contributed by atoms with van der Waals surface area (Å²) in [6.07, 6.45) is 16.1. The zero-order valence-electron chi connectivity index (χ0n) is 14.7. The number of hydrogen-bond acceptors (Lipinski definition) is 2. The lowest BCUT2D eigenvalue weighted by Crippen LogP contribution is -2.50. The Morgan fingerprint density at radius 3 is 1.88 bits per heavy atom. The molecule has 1 aromatic heterocycles. The van der Waals surface area contributed by atoms with Crippen molar-refractivity contribution in [2.75, 3.05) is 0 Å². The first kappa shape index (κ1) is 13.4. The van der Waals surface area contributed by atoms with E-state index in [4.69, 9.17) is 10.2 Å². The predicted molar refractivity (Wildman–Crippen MR) is 91.7 cm³/mol. The Bertz CT molecular complexity index is 655. The molecular weight excluding hydrogens is 294 g/mol. The van der Waals surface area contributed by atoms with E-state index >= 15 is 0 Å². The average molecular weight is 323 g/mol. The average Bonchev–Trinajstić information content (AvgIpc) is 2.91. The van der Waals surface area contributed by atoms with Crippen molar-refractivity contribution in [2.24, 2.45) is 29.6 Å². The molecule has 3 heterocycles. The van der Waals surface area contributed by atoms with Gasteiger partial charge in [-0.1, -0.05) is 0 Å². The fourth-order valence-electron chi connectivity index (χ4n) is 8.93. The molecule has 6 aliphatic carbocycles. The van der Waals surface area contributed by atoms with Crippen LogP contribution in [-0.2, 0) is 5.41 Å². The summed E-state index contributed by atoms with van der Waals surface area (Å²) in [7, 11) is 0. The maximum absolute atomic E-state index is 4.96. The largest absolute Gasteiger partial charge is 0.311 e.